The summed E-state index contributed by atoms with van der Waals surface area (Å²) in [6, 6.07) is 0. The van der Waals surface area contributed by atoms with E-state index in [1.54, 1.807) is 27.7 Å². The summed E-state index contributed by atoms with van der Waals surface area (Å²) in [5.74, 6) is -2.25. The van der Waals surface area contributed by atoms with Crippen molar-refractivity contribution in [2.75, 3.05) is 0 Å². The quantitative estimate of drug-likeness (QED) is 0.603. The molecule has 1 saturated carbocycles. The largest absolute Gasteiger partial charge is 0.462 e. The van der Waals surface area contributed by atoms with E-state index in [0.717, 1.165) is 19.3 Å². The van der Waals surface area contributed by atoms with Crippen molar-refractivity contribution >= 4 is 11.9 Å². The molecule has 1 rings (SSSR count). The van der Waals surface area contributed by atoms with E-state index in [-0.39, 0.29) is 18.6 Å². The van der Waals surface area contributed by atoms with Crippen LogP contribution < -0.4 is 0 Å². The first-order valence-electron chi connectivity index (χ1n) is 7.87. The molecule has 0 aliphatic heterocycles. The third-order valence-electron chi connectivity index (χ3n) is 3.64. The summed E-state index contributed by atoms with van der Waals surface area (Å²) in [4.78, 5) is 24.3. The first-order chi connectivity index (χ1) is 9.73. The van der Waals surface area contributed by atoms with Crippen molar-refractivity contribution in [2.45, 2.75) is 84.0 Å². The second-order valence-electron chi connectivity index (χ2n) is 6.51. The van der Waals surface area contributed by atoms with E-state index in [2.05, 4.69) is 0 Å². The van der Waals surface area contributed by atoms with Gasteiger partial charge in [0.25, 0.3) is 0 Å². The van der Waals surface area contributed by atoms with Crippen molar-refractivity contribution in [3.05, 3.63) is 0 Å². The van der Waals surface area contributed by atoms with Crippen molar-refractivity contribution in [1.29, 1.82) is 0 Å². The zero-order valence-corrected chi connectivity index (χ0v) is 13.6. The van der Waals surface area contributed by atoms with Crippen LogP contribution in [-0.2, 0) is 19.1 Å². The molecule has 0 unspecified atom stereocenters. The number of carbonyl (C=O) groups is 2. The maximum atomic E-state index is 12.2. The monoisotopic (exact) mass is 300 g/mol. The standard InChI is InChI=1S/C16H28O5/c1-11(2)20-14(17)13(15(18)21-12(3)4)10-16(19)8-6-5-7-9-16/h11-13,19H,5-10H2,1-4H3. The lowest BCUT2D eigenvalue weighted by atomic mass is 9.78. The Morgan fingerprint density at radius 1 is 0.952 bits per heavy atom. The first kappa shape index (κ1) is 18.0. The Morgan fingerprint density at radius 3 is 1.76 bits per heavy atom. The third kappa shape index (κ3) is 6.04. The average Bonchev–Trinajstić information content (AvgIpc) is 2.35. The van der Waals surface area contributed by atoms with E-state index < -0.39 is 23.5 Å². The van der Waals surface area contributed by atoms with Crippen LogP contribution in [0.2, 0.25) is 0 Å². The van der Waals surface area contributed by atoms with Crippen LogP contribution in [0.25, 0.3) is 0 Å². The van der Waals surface area contributed by atoms with Crippen molar-refractivity contribution < 1.29 is 24.2 Å². The highest BCUT2D eigenvalue weighted by molar-refractivity contribution is 5.95. The van der Waals surface area contributed by atoms with Gasteiger partial charge in [-0.15, -0.1) is 0 Å². The van der Waals surface area contributed by atoms with Crippen LogP contribution in [-0.4, -0.2) is 34.9 Å². The highest BCUT2D eigenvalue weighted by Crippen LogP contribution is 2.34. The Morgan fingerprint density at radius 2 is 1.38 bits per heavy atom. The molecule has 5 nitrogen and oxygen atoms in total. The Labute approximate surface area is 127 Å². The summed E-state index contributed by atoms with van der Waals surface area (Å²) in [7, 11) is 0. The van der Waals surface area contributed by atoms with Crippen LogP contribution in [0, 0.1) is 5.92 Å². The van der Waals surface area contributed by atoms with Gasteiger partial charge in [-0.05, 0) is 40.5 Å². The second-order valence-corrected chi connectivity index (χ2v) is 6.51. The molecule has 122 valence electrons. The fourth-order valence-electron chi connectivity index (χ4n) is 2.69. The summed E-state index contributed by atoms with van der Waals surface area (Å²) in [6.45, 7) is 6.94. The van der Waals surface area contributed by atoms with E-state index in [0.29, 0.717) is 12.8 Å². The number of carbonyl (C=O) groups excluding carboxylic acids is 2. The van der Waals surface area contributed by atoms with Crippen LogP contribution in [0.4, 0.5) is 0 Å². The van der Waals surface area contributed by atoms with Crippen LogP contribution >= 0.6 is 0 Å². The molecule has 0 aromatic heterocycles. The minimum Gasteiger partial charge on any atom is -0.462 e. The first-order valence-corrected chi connectivity index (χ1v) is 7.87. The van der Waals surface area contributed by atoms with E-state index in [9.17, 15) is 14.7 Å². The molecular weight excluding hydrogens is 272 g/mol. The number of rotatable bonds is 6. The van der Waals surface area contributed by atoms with Crippen molar-refractivity contribution in [3.63, 3.8) is 0 Å². The molecule has 0 bridgehead atoms. The van der Waals surface area contributed by atoms with Crippen LogP contribution in [0.3, 0.4) is 0 Å². The number of hydrogen-bond acceptors (Lipinski definition) is 5. The van der Waals surface area contributed by atoms with Crippen LogP contribution in [0.15, 0.2) is 0 Å². The van der Waals surface area contributed by atoms with Crippen LogP contribution in [0.1, 0.15) is 66.2 Å². The SMILES string of the molecule is CC(C)OC(=O)C(CC1(O)CCCCC1)C(=O)OC(C)C. The zero-order valence-electron chi connectivity index (χ0n) is 13.6. The van der Waals surface area contributed by atoms with Crippen LogP contribution in [0.5, 0.6) is 0 Å². The Hall–Kier alpha value is -1.10. The molecule has 1 N–H and O–H groups in total. The van der Waals surface area contributed by atoms with Gasteiger partial charge in [0.1, 0.15) is 0 Å². The third-order valence-corrected chi connectivity index (χ3v) is 3.64. The molecule has 1 fully saturated rings. The van der Waals surface area contributed by atoms with Gasteiger partial charge in [0.2, 0.25) is 0 Å². The molecular formula is C16H28O5. The summed E-state index contributed by atoms with van der Waals surface area (Å²) in [5, 5.41) is 10.6. The predicted molar refractivity (Wildman–Crippen MR) is 78.6 cm³/mol. The maximum Gasteiger partial charge on any atom is 0.320 e. The molecule has 0 heterocycles. The van der Waals surface area contributed by atoms with E-state index in [4.69, 9.17) is 9.47 Å². The van der Waals surface area contributed by atoms with E-state index in [1.807, 2.05) is 0 Å². The van der Waals surface area contributed by atoms with Crippen molar-refractivity contribution in [2.24, 2.45) is 5.92 Å². The summed E-state index contributed by atoms with van der Waals surface area (Å²) in [5.41, 5.74) is -0.963. The van der Waals surface area contributed by atoms with Gasteiger partial charge >= 0.3 is 11.9 Å². The minimum absolute atomic E-state index is 0.0874. The molecule has 0 atom stereocenters. The smallest absolute Gasteiger partial charge is 0.320 e. The number of aliphatic hydroxyl groups is 1. The molecule has 1 aliphatic rings. The van der Waals surface area contributed by atoms with Gasteiger partial charge in [0, 0.05) is 6.42 Å². The van der Waals surface area contributed by atoms with Gasteiger partial charge in [-0.2, -0.15) is 0 Å². The summed E-state index contributed by atoms with van der Waals surface area (Å²) >= 11 is 0. The fourth-order valence-corrected chi connectivity index (χ4v) is 2.69. The fraction of sp³-hybridized carbons (Fsp3) is 0.875. The molecule has 0 amide bonds. The van der Waals surface area contributed by atoms with Gasteiger partial charge in [0.15, 0.2) is 5.92 Å². The highest BCUT2D eigenvalue weighted by atomic mass is 16.6. The normalized spacial score (nSPS) is 18.1. The zero-order chi connectivity index (χ0) is 16.0. The molecule has 0 aromatic carbocycles. The van der Waals surface area contributed by atoms with E-state index >= 15 is 0 Å². The van der Waals surface area contributed by atoms with Gasteiger partial charge in [0.05, 0.1) is 17.8 Å². The van der Waals surface area contributed by atoms with Gasteiger partial charge in [-0.1, -0.05) is 19.3 Å². The van der Waals surface area contributed by atoms with Gasteiger partial charge < -0.3 is 14.6 Å². The lowest BCUT2D eigenvalue weighted by molar-refractivity contribution is -0.170. The number of ether oxygens (including phenoxy) is 2. The molecule has 21 heavy (non-hydrogen) atoms. The predicted octanol–water partition coefficient (Wildman–Crippen LogP) is 2.59. The van der Waals surface area contributed by atoms with Crippen molar-refractivity contribution in [3.8, 4) is 0 Å². The summed E-state index contributed by atoms with van der Waals surface area (Å²) in [6.07, 6.45) is 3.65. The summed E-state index contributed by atoms with van der Waals surface area (Å²) < 4.78 is 10.3. The van der Waals surface area contributed by atoms with Gasteiger partial charge in [-0.3, -0.25) is 9.59 Å². The Bertz CT molecular complexity index is 334. The molecule has 1 aliphatic carbocycles. The lowest BCUT2D eigenvalue weighted by Gasteiger charge is -2.34. The molecule has 5 heteroatoms. The number of hydrogen-bond donors (Lipinski definition) is 1. The number of esters is 2. The topological polar surface area (TPSA) is 72.8 Å². The van der Waals surface area contributed by atoms with Gasteiger partial charge in [-0.25, -0.2) is 0 Å². The van der Waals surface area contributed by atoms with E-state index in [1.165, 1.54) is 0 Å². The lowest BCUT2D eigenvalue weighted by Crippen LogP contribution is -2.40. The maximum absolute atomic E-state index is 12.2. The van der Waals surface area contributed by atoms with Crippen molar-refractivity contribution in [1.82, 2.24) is 0 Å². The average molecular weight is 300 g/mol. The Balaban J connectivity index is 2.79. The highest BCUT2D eigenvalue weighted by Gasteiger charge is 2.40. The minimum atomic E-state index is -1.04. The second kappa shape index (κ2) is 7.78. The Kier molecular flexibility index (Phi) is 6.65. The molecule has 0 spiro atoms. The molecule has 0 saturated heterocycles. The molecule has 0 radical (unpaired) electrons. The molecule has 0 aromatic rings.